The Morgan fingerprint density at radius 1 is 1.14 bits per heavy atom. The van der Waals surface area contributed by atoms with Crippen LogP contribution in [0.1, 0.15) is 18.4 Å². The largest absolute Gasteiger partial charge is 0.573 e. The van der Waals surface area contributed by atoms with Crippen molar-refractivity contribution in [2.45, 2.75) is 25.7 Å². The molecule has 0 unspecified atom stereocenters. The van der Waals surface area contributed by atoms with Crippen LogP contribution in [0.25, 0.3) is 21.3 Å². The Morgan fingerprint density at radius 2 is 2.00 bits per heavy atom. The van der Waals surface area contributed by atoms with Crippen LogP contribution in [0.15, 0.2) is 42.7 Å². The predicted octanol–water partition coefficient (Wildman–Crippen LogP) is 4.73. The second kappa shape index (κ2) is 12.2. The zero-order valence-electron chi connectivity index (χ0n) is 19.4. The number of aromatic amines is 1. The second-order valence-corrected chi connectivity index (χ2v) is 9.20. The van der Waals surface area contributed by atoms with Crippen molar-refractivity contribution in [1.29, 1.82) is 0 Å². The van der Waals surface area contributed by atoms with Gasteiger partial charge < -0.3 is 20.7 Å². The molecule has 4 N–H and O–H groups in total. The molecule has 4 aromatic rings. The van der Waals surface area contributed by atoms with Crippen LogP contribution in [0, 0.1) is 0 Å². The molecule has 0 saturated carbocycles. The third kappa shape index (κ3) is 7.78. The molecule has 1 amide bonds. The van der Waals surface area contributed by atoms with Gasteiger partial charge in [0.1, 0.15) is 5.75 Å². The van der Waals surface area contributed by atoms with Gasteiger partial charge >= 0.3 is 6.36 Å². The van der Waals surface area contributed by atoms with Crippen molar-refractivity contribution in [3.63, 3.8) is 0 Å². The molecular weight excluding hydrogens is 531 g/mol. The number of fused-ring (bicyclic) bond motifs is 1. The van der Waals surface area contributed by atoms with Gasteiger partial charge in [-0.25, -0.2) is 0 Å². The number of rotatable bonds is 12. The molecule has 0 atom stereocenters. The van der Waals surface area contributed by atoms with Crippen molar-refractivity contribution in [1.82, 2.24) is 30.4 Å². The number of anilines is 1. The van der Waals surface area contributed by atoms with Crippen LogP contribution in [-0.2, 0) is 11.3 Å². The highest BCUT2D eigenvalue weighted by Crippen LogP contribution is 2.32. The van der Waals surface area contributed by atoms with Gasteiger partial charge in [-0.1, -0.05) is 22.2 Å². The fraction of sp³-hybridized carbons (Fsp3) is 0.304. The molecule has 196 valence electrons. The van der Waals surface area contributed by atoms with E-state index in [4.69, 9.17) is 11.6 Å². The number of H-pyrrole nitrogens is 1. The molecule has 0 saturated heterocycles. The van der Waals surface area contributed by atoms with Gasteiger partial charge in [0.05, 0.1) is 27.8 Å². The van der Waals surface area contributed by atoms with E-state index in [2.05, 4.69) is 40.5 Å². The highest BCUT2D eigenvalue weighted by molar-refractivity contribution is 7.09. The summed E-state index contributed by atoms with van der Waals surface area (Å²) >= 11 is 7.16. The average molecular weight is 554 g/mol. The first kappa shape index (κ1) is 26.6. The number of alkyl halides is 3. The van der Waals surface area contributed by atoms with E-state index in [1.54, 1.807) is 12.4 Å². The highest BCUT2D eigenvalue weighted by Gasteiger charge is 2.32. The van der Waals surface area contributed by atoms with Crippen molar-refractivity contribution < 1.29 is 22.7 Å². The van der Waals surface area contributed by atoms with E-state index in [-0.39, 0.29) is 17.4 Å². The van der Waals surface area contributed by atoms with Crippen molar-refractivity contribution in [3.05, 3.63) is 53.3 Å². The van der Waals surface area contributed by atoms with Gasteiger partial charge in [-0.3, -0.25) is 9.89 Å². The third-order valence-corrected chi connectivity index (χ3v) is 6.28. The Morgan fingerprint density at radius 3 is 2.76 bits per heavy atom. The number of nitrogens with zero attached hydrogens (tertiary/aromatic N) is 3. The van der Waals surface area contributed by atoms with E-state index >= 15 is 0 Å². The molecule has 2 aromatic carbocycles. The number of ether oxygens (including phenoxy) is 1. The zero-order chi connectivity index (χ0) is 26.3. The summed E-state index contributed by atoms with van der Waals surface area (Å²) in [5, 5.41) is 21.2. The number of hydrogen-bond acceptors (Lipinski definition) is 8. The first-order chi connectivity index (χ1) is 17.8. The van der Waals surface area contributed by atoms with Gasteiger partial charge in [0.15, 0.2) is 0 Å². The summed E-state index contributed by atoms with van der Waals surface area (Å²) in [4.78, 5) is 13.1. The SMILES string of the molecule is O=C(CCNCc1ccc(OC(F)(F)F)c(Cl)c1)NCCCNc1cc(-c2cnns2)cc2[nH]ncc12. The van der Waals surface area contributed by atoms with Gasteiger partial charge in [-0.15, -0.1) is 18.3 Å². The average Bonchev–Trinajstić information content (AvgIpc) is 3.54. The Balaban J connectivity index is 1.14. The highest BCUT2D eigenvalue weighted by atomic mass is 35.5. The van der Waals surface area contributed by atoms with Crippen LogP contribution >= 0.6 is 23.1 Å². The van der Waals surface area contributed by atoms with Crippen LogP contribution in [-0.4, -0.2) is 51.7 Å². The Kier molecular flexibility index (Phi) is 8.79. The molecule has 9 nitrogen and oxygen atoms in total. The molecule has 4 rings (SSSR count). The monoisotopic (exact) mass is 553 g/mol. The lowest BCUT2D eigenvalue weighted by Gasteiger charge is -2.12. The fourth-order valence-electron chi connectivity index (χ4n) is 3.56. The molecular formula is C23H23ClF3N7O2S. The Hall–Kier alpha value is -3.42. The molecule has 37 heavy (non-hydrogen) atoms. The number of halogens is 4. The normalized spacial score (nSPS) is 11.6. The van der Waals surface area contributed by atoms with E-state index in [1.807, 2.05) is 12.1 Å². The molecule has 2 heterocycles. The van der Waals surface area contributed by atoms with E-state index in [0.717, 1.165) is 39.5 Å². The number of hydrogen-bond donors (Lipinski definition) is 4. The van der Waals surface area contributed by atoms with E-state index in [1.165, 1.54) is 23.7 Å². The molecule has 0 fully saturated rings. The number of aromatic nitrogens is 4. The summed E-state index contributed by atoms with van der Waals surface area (Å²) in [6, 6.07) is 8.07. The predicted molar refractivity (Wildman–Crippen MR) is 136 cm³/mol. The second-order valence-electron chi connectivity index (χ2n) is 8.01. The van der Waals surface area contributed by atoms with Gasteiger partial charge in [-0.2, -0.15) is 5.10 Å². The van der Waals surface area contributed by atoms with E-state index < -0.39 is 12.1 Å². The molecule has 0 spiro atoms. The van der Waals surface area contributed by atoms with Crippen molar-refractivity contribution in [2.75, 3.05) is 25.0 Å². The molecule has 0 aliphatic rings. The molecule has 0 aliphatic carbocycles. The van der Waals surface area contributed by atoms with E-state index in [9.17, 15) is 18.0 Å². The summed E-state index contributed by atoms with van der Waals surface area (Å²) in [5.74, 6) is -0.554. The number of amides is 1. The van der Waals surface area contributed by atoms with E-state index in [0.29, 0.717) is 31.7 Å². The van der Waals surface area contributed by atoms with Crippen molar-refractivity contribution >= 4 is 45.6 Å². The van der Waals surface area contributed by atoms with Gasteiger partial charge in [-0.05, 0) is 53.3 Å². The molecule has 2 aromatic heterocycles. The topological polar surface area (TPSA) is 117 Å². The van der Waals surface area contributed by atoms with Crippen LogP contribution in [0.4, 0.5) is 18.9 Å². The minimum Gasteiger partial charge on any atom is -0.404 e. The van der Waals surface area contributed by atoms with Crippen molar-refractivity contribution in [2.24, 2.45) is 0 Å². The molecule has 0 aliphatic heterocycles. The molecule has 0 radical (unpaired) electrons. The lowest BCUT2D eigenvalue weighted by atomic mass is 10.1. The maximum Gasteiger partial charge on any atom is 0.573 e. The fourth-order valence-corrected chi connectivity index (χ4v) is 4.30. The summed E-state index contributed by atoms with van der Waals surface area (Å²) in [5.41, 5.74) is 3.50. The Labute approximate surface area is 218 Å². The smallest absolute Gasteiger partial charge is 0.404 e. The van der Waals surface area contributed by atoms with Gasteiger partial charge in [0.2, 0.25) is 5.91 Å². The standard InChI is InChI=1S/C23H23ClF3N7O2S/c24-17-8-14(2-3-20(17)36-23(25,26)27)11-28-7-4-22(35)30-6-1-5-29-18-9-15(21-13-32-34-37-21)10-19-16(18)12-31-33-19/h2-3,8-10,12-13,28-29H,1,4-7,11H2,(H,30,35)(H,31,33). The minimum atomic E-state index is -4.80. The zero-order valence-corrected chi connectivity index (χ0v) is 20.9. The maximum absolute atomic E-state index is 12.3. The quantitative estimate of drug-likeness (QED) is 0.187. The summed E-state index contributed by atoms with van der Waals surface area (Å²) in [6.45, 7) is 1.91. The lowest BCUT2D eigenvalue weighted by molar-refractivity contribution is -0.274. The summed E-state index contributed by atoms with van der Waals surface area (Å²) in [6.07, 6.45) is -0.342. The number of carbonyl (C=O) groups excluding carboxylic acids is 1. The van der Waals surface area contributed by atoms with Crippen molar-refractivity contribution in [3.8, 4) is 16.2 Å². The van der Waals surface area contributed by atoms with Crippen LogP contribution in [0.2, 0.25) is 5.02 Å². The molecule has 0 bridgehead atoms. The summed E-state index contributed by atoms with van der Waals surface area (Å²) in [7, 11) is 0. The first-order valence-corrected chi connectivity index (χ1v) is 12.4. The van der Waals surface area contributed by atoms with Crippen LogP contribution < -0.4 is 20.7 Å². The number of benzene rings is 2. The molecule has 14 heteroatoms. The van der Waals surface area contributed by atoms with Crippen LogP contribution in [0.3, 0.4) is 0 Å². The maximum atomic E-state index is 12.3. The van der Waals surface area contributed by atoms with Crippen LogP contribution in [0.5, 0.6) is 5.75 Å². The minimum absolute atomic E-state index is 0.101. The number of carbonyl (C=O) groups is 1. The number of nitrogens with one attached hydrogen (secondary N) is 4. The van der Waals surface area contributed by atoms with Gasteiger partial charge in [0.25, 0.3) is 0 Å². The third-order valence-electron chi connectivity index (χ3n) is 5.28. The lowest BCUT2D eigenvalue weighted by Crippen LogP contribution is -2.29. The Bertz CT molecular complexity index is 1330. The first-order valence-electron chi connectivity index (χ1n) is 11.3. The van der Waals surface area contributed by atoms with Gasteiger partial charge in [0, 0.05) is 43.7 Å². The summed E-state index contributed by atoms with van der Waals surface area (Å²) < 4.78 is 44.7.